The van der Waals surface area contributed by atoms with Crippen molar-refractivity contribution in [3.8, 4) is 0 Å². The molecular formula is C14H12Cl2N2S2. The molecule has 0 unspecified atom stereocenters. The summed E-state index contributed by atoms with van der Waals surface area (Å²) in [7, 11) is 0. The monoisotopic (exact) mass is 342 g/mol. The number of thiocarbonyl (C=S) groups is 1. The van der Waals surface area contributed by atoms with Gasteiger partial charge in [0.2, 0.25) is 0 Å². The van der Waals surface area contributed by atoms with Crippen LogP contribution in [0, 0.1) is 0 Å². The van der Waals surface area contributed by atoms with Gasteiger partial charge in [0.15, 0.2) is 0 Å². The van der Waals surface area contributed by atoms with Crippen LogP contribution in [0.5, 0.6) is 0 Å². The van der Waals surface area contributed by atoms with Crippen molar-refractivity contribution in [2.75, 3.05) is 11.6 Å². The van der Waals surface area contributed by atoms with Gasteiger partial charge in [-0.15, -0.1) is 11.8 Å². The molecule has 0 fully saturated rings. The number of nitrogens with two attached hydrogens (primary N) is 1. The van der Waals surface area contributed by atoms with Crippen LogP contribution in [-0.2, 0) is 0 Å². The highest BCUT2D eigenvalue weighted by atomic mass is 35.5. The number of anilines is 2. The fraction of sp³-hybridized carbons (Fsp3) is 0.0714. The zero-order valence-corrected chi connectivity index (χ0v) is 13.8. The van der Waals surface area contributed by atoms with E-state index in [0.29, 0.717) is 15.0 Å². The third-order valence-corrected chi connectivity index (χ3v) is 4.22. The first-order valence-corrected chi connectivity index (χ1v) is 8.10. The number of thioether (sulfide) groups is 1. The molecule has 6 heteroatoms. The lowest BCUT2D eigenvalue weighted by Crippen LogP contribution is -2.13. The summed E-state index contributed by atoms with van der Waals surface area (Å²) < 4.78 is 0. The lowest BCUT2D eigenvalue weighted by Gasteiger charge is -2.15. The van der Waals surface area contributed by atoms with E-state index in [1.807, 2.05) is 30.5 Å². The van der Waals surface area contributed by atoms with Crippen molar-refractivity contribution in [3.63, 3.8) is 0 Å². The summed E-state index contributed by atoms with van der Waals surface area (Å²) in [6.45, 7) is 0. The van der Waals surface area contributed by atoms with Crippen LogP contribution in [0.1, 0.15) is 5.56 Å². The Morgan fingerprint density at radius 2 is 1.95 bits per heavy atom. The van der Waals surface area contributed by atoms with Gasteiger partial charge in [-0.05, 0) is 36.6 Å². The van der Waals surface area contributed by atoms with Crippen LogP contribution in [0.2, 0.25) is 10.0 Å². The van der Waals surface area contributed by atoms with Crippen molar-refractivity contribution in [1.82, 2.24) is 0 Å². The Morgan fingerprint density at radius 3 is 2.55 bits per heavy atom. The molecule has 104 valence electrons. The fourth-order valence-electron chi connectivity index (χ4n) is 1.80. The van der Waals surface area contributed by atoms with Crippen molar-refractivity contribution < 1.29 is 0 Å². The molecule has 0 spiro atoms. The first-order valence-electron chi connectivity index (χ1n) is 5.72. The molecule has 20 heavy (non-hydrogen) atoms. The molecule has 0 saturated heterocycles. The Kier molecular flexibility index (Phi) is 5.16. The number of benzene rings is 2. The number of hydrogen-bond acceptors (Lipinski definition) is 3. The quantitative estimate of drug-likeness (QED) is 0.599. The van der Waals surface area contributed by atoms with E-state index in [1.54, 1.807) is 23.9 Å². The van der Waals surface area contributed by atoms with Crippen LogP contribution < -0.4 is 11.1 Å². The van der Waals surface area contributed by atoms with Gasteiger partial charge >= 0.3 is 0 Å². The van der Waals surface area contributed by atoms with Crippen LogP contribution in [-0.4, -0.2) is 11.2 Å². The Balaban J connectivity index is 2.45. The number of rotatable bonds is 4. The minimum absolute atomic E-state index is 0.350. The van der Waals surface area contributed by atoms with E-state index in [0.717, 1.165) is 21.8 Å². The van der Waals surface area contributed by atoms with Crippen LogP contribution >= 0.6 is 47.2 Å². The Bertz CT molecular complexity index is 660. The summed E-state index contributed by atoms with van der Waals surface area (Å²) >= 11 is 18.8. The minimum Gasteiger partial charge on any atom is -0.389 e. The maximum absolute atomic E-state index is 6.17. The summed E-state index contributed by atoms with van der Waals surface area (Å²) in [6.07, 6.45) is 1.98. The SMILES string of the molecule is CSc1cccc(Nc2ccc(Cl)cc2Cl)c1C(N)=S. The molecule has 0 atom stereocenters. The summed E-state index contributed by atoms with van der Waals surface area (Å²) in [6, 6.07) is 11.1. The van der Waals surface area contributed by atoms with E-state index in [2.05, 4.69) is 5.32 Å². The van der Waals surface area contributed by atoms with E-state index in [9.17, 15) is 0 Å². The molecule has 0 radical (unpaired) electrons. The largest absolute Gasteiger partial charge is 0.389 e. The molecule has 3 N–H and O–H groups in total. The number of hydrogen-bond donors (Lipinski definition) is 2. The van der Waals surface area contributed by atoms with E-state index >= 15 is 0 Å². The molecule has 2 rings (SSSR count). The first kappa shape index (κ1) is 15.4. The van der Waals surface area contributed by atoms with Crippen molar-refractivity contribution in [3.05, 3.63) is 52.0 Å². The van der Waals surface area contributed by atoms with E-state index in [1.165, 1.54) is 0 Å². The van der Waals surface area contributed by atoms with E-state index in [4.69, 9.17) is 41.2 Å². The second-order valence-corrected chi connectivity index (χ2v) is 6.13. The average molecular weight is 343 g/mol. The van der Waals surface area contributed by atoms with Gasteiger partial charge < -0.3 is 11.1 Å². The van der Waals surface area contributed by atoms with Gasteiger partial charge in [0.1, 0.15) is 4.99 Å². The van der Waals surface area contributed by atoms with Crippen LogP contribution in [0.25, 0.3) is 0 Å². The minimum atomic E-state index is 0.350. The number of halogens is 2. The van der Waals surface area contributed by atoms with E-state index < -0.39 is 0 Å². The first-order chi connectivity index (χ1) is 9.52. The predicted octanol–water partition coefficient (Wildman–Crippen LogP) is 5.09. The molecule has 0 bridgehead atoms. The molecule has 0 aromatic heterocycles. The molecule has 0 aliphatic rings. The standard InChI is InChI=1S/C14H12Cl2N2S2/c1-20-12-4-2-3-11(13(12)14(17)19)18-10-6-5-8(15)7-9(10)16/h2-7,18H,1H3,(H2,17,19). The molecule has 2 nitrogen and oxygen atoms in total. The summed E-state index contributed by atoms with van der Waals surface area (Å²) in [5.41, 5.74) is 8.23. The maximum Gasteiger partial charge on any atom is 0.107 e. The summed E-state index contributed by atoms with van der Waals surface area (Å²) in [5.74, 6) is 0. The lowest BCUT2D eigenvalue weighted by molar-refractivity contribution is 1.40. The topological polar surface area (TPSA) is 38.0 Å². The lowest BCUT2D eigenvalue weighted by atomic mass is 10.1. The maximum atomic E-state index is 6.17. The van der Waals surface area contributed by atoms with Crippen LogP contribution in [0.15, 0.2) is 41.3 Å². The highest BCUT2D eigenvalue weighted by molar-refractivity contribution is 7.98. The molecule has 0 aliphatic heterocycles. The van der Waals surface area contributed by atoms with Crippen LogP contribution in [0.3, 0.4) is 0 Å². The van der Waals surface area contributed by atoms with Crippen LogP contribution in [0.4, 0.5) is 11.4 Å². The molecule has 2 aromatic carbocycles. The normalized spacial score (nSPS) is 10.3. The Hall–Kier alpha value is -0.940. The third kappa shape index (κ3) is 3.38. The smallest absolute Gasteiger partial charge is 0.107 e. The third-order valence-electron chi connectivity index (χ3n) is 2.69. The molecular weight excluding hydrogens is 331 g/mol. The Morgan fingerprint density at radius 1 is 1.20 bits per heavy atom. The zero-order valence-electron chi connectivity index (χ0n) is 10.6. The molecule has 2 aromatic rings. The van der Waals surface area contributed by atoms with Gasteiger partial charge in [0.05, 0.1) is 10.7 Å². The van der Waals surface area contributed by atoms with Crippen molar-refractivity contribution >= 4 is 63.5 Å². The average Bonchev–Trinajstić information content (AvgIpc) is 2.41. The van der Waals surface area contributed by atoms with Gasteiger partial charge in [-0.25, -0.2) is 0 Å². The molecule has 0 aliphatic carbocycles. The van der Waals surface area contributed by atoms with Gasteiger partial charge in [-0.2, -0.15) is 0 Å². The zero-order chi connectivity index (χ0) is 14.7. The van der Waals surface area contributed by atoms with Crippen molar-refractivity contribution in [1.29, 1.82) is 0 Å². The summed E-state index contributed by atoms with van der Waals surface area (Å²) in [4.78, 5) is 1.37. The molecule has 0 saturated carbocycles. The van der Waals surface area contributed by atoms with Gasteiger partial charge in [0, 0.05) is 21.2 Å². The highest BCUT2D eigenvalue weighted by Gasteiger charge is 2.12. The number of nitrogens with one attached hydrogen (secondary N) is 1. The fourth-order valence-corrected chi connectivity index (χ4v) is 3.17. The van der Waals surface area contributed by atoms with Gasteiger partial charge in [-0.3, -0.25) is 0 Å². The second-order valence-electron chi connectivity index (χ2n) is 4.00. The van der Waals surface area contributed by atoms with Gasteiger partial charge in [0.25, 0.3) is 0 Å². The molecule has 0 amide bonds. The Labute approximate surface area is 137 Å². The predicted molar refractivity (Wildman–Crippen MR) is 93.9 cm³/mol. The van der Waals surface area contributed by atoms with Gasteiger partial charge in [-0.1, -0.05) is 41.5 Å². The second kappa shape index (κ2) is 6.68. The highest BCUT2D eigenvalue weighted by Crippen LogP contribution is 2.32. The van der Waals surface area contributed by atoms with Crippen molar-refractivity contribution in [2.24, 2.45) is 5.73 Å². The van der Waals surface area contributed by atoms with Crippen molar-refractivity contribution in [2.45, 2.75) is 4.90 Å². The molecule has 0 heterocycles. The summed E-state index contributed by atoms with van der Waals surface area (Å²) in [5, 5.41) is 4.39. The van der Waals surface area contributed by atoms with E-state index in [-0.39, 0.29) is 0 Å².